The first-order valence-electron chi connectivity index (χ1n) is 10.6. The van der Waals surface area contributed by atoms with Gasteiger partial charge in [-0.15, -0.1) is 0 Å². The maximum absolute atomic E-state index is 12.6. The van der Waals surface area contributed by atoms with E-state index in [0.717, 1.165) is 45.8 Å². The van der Waals surface area contributed by atoms with Crippen molar-refractivity contribution in [1.29, 1.82) is 0 Å². The van der Waals surface area contributed by atoms with Crippen molar-refractivity contribution in [2.45, 2.75) is 25.9 Å². The van der Waals surface area contributed by atoms with Gasteiger partial charge in [-0.1, -0.05) is 60.7 Å². The van der Waals surface area contributed by atoms with Gasteiger partial charge in [0.15, 0.2) is 0 Å². The molecule has 156 valence electrons. The highest BCUT2D eigenvalue weighted by atomic mass is 16.5. The number of amides is 1. The zero-order valence-corrected chi connectivity index (χ0v) is 17.4. The lowest BCUT2D eigenvalue weighted by Gasteiger charge is -2.34. The molecule has 5 nitrogen and oxygen atoms in total. The number of hydrogen-bond acceptors (Lipinski definition) is 4. The number of carbonyl (C=O) groups excluding carboxylic acids is 1. The summed E-state index contributed by atoms with van der Waals surface area (Å²) in [5.74, 6) is 0.0886. The topological polar surface area (TPSA) is 44.8 Å². The van der Waals surface area contributed by atoms with E-state index in [-0.39, 0.29) is 11.9 Å². The van der Waals surface area contributed by atoms with Gasteiger partial charge >= 0.3 is 0 Å². The molecule has 2 aromatic rings. The Kier molecular flexibility index (Phi) is 8.68. The van der Waals surface area contributed by atoms with E-state index >= 15 is 0 Å². The average molecular weight is 396 g/mol. The second kappa shape index (κ2) is 11.7. The molecule has 5 heteroatoms. The fourth-order valence-electron chi connectivity index (χ4n) is 3.69. The first kappa shape index (κ1) is 21.5. The summed E-state index contributed by atoms with van der Waals surface area (Å²) in [6.07, 6.45) is 0.856. The van der Waals surface area contributed by atoms with E-state index in [0.29, 0.717) is 13.1 Å². The molecule has 1 saturated heterocycles. The lowest BCUT2D eigenvalue weighted by molar-refractivity contribution is -0.123. The summed E-state index contributed by atoms with van der Waals surface area (Å²) in [4.78, 5) is 17.4. The van der Waals surface area contributed by atoms with E-state index in [1.54, 1.807) is 0 Å². The summed E-state index contributed by atoms with van der Waals surface area (Å²) in [6.45, 7) is 8.55. The van der Waals surface area contributed by atoms with Crippen LogP contribution >= 0.6 is 0 Å². The van der Waals surface area contributed by atoms with Gasteiger partial charge < -0.3 is 10.1 Å². The summed E-state index contributed by atoms with van der Waals surface area (Å²) < 4.78 is 5.46. The molecular weight excluding hydrogens is 362 g/mol. The monoisotopic (exact) mass is 395 g/mol. The molecule has 0 aliphatic carbocycles. The Hall–Kier alpha value is -2.21. The van der Waals surface area contributed by atoms with Gasteiger partial charge in [-0.3, -0.25) is 14.6 Å². The molecule has 0 bridgehead atoms. The minimum absolute atomic E-state index is 0.0886. The zero-order chi connectivity index (χ0) is 20.3. The summed E-state index contributed by atoms with van der Waals surface area (Å²) in [6, 6.07) is 21.0. The molecule has 1 amide bonds. The fourth-order valence-corrected chi connectivity index (χ4v) is 3.69. The lowest BCUT2D eigenvalue weighted by Crippen LogP contribution is -2.48. The summed E-state index contributed by atoms with van der Waals surface area (Å²) in [5, 5.41) is 3.09. The highest BCUT2D eigenvalue weighted by Crippen LogP contribution is 2.10. The van der Waals surface area contributed by atoms with Crippen molar-refractivity contribution in [1.82, 2.24) is 15.1 Å². The predicted molar refractivity (Wildman–Crippen MR) is 117 cm³/mol. The Bertz CT molecular complexity index is 717. The largest absolute Gasteiger partial charge is 0.379 e. The number of nitrogens with zero attached hydrogens (tertiary/aromatic N) is 2. The van der Waals surface area contributed by atoms with Crippen molar-refractivity contribution in [3.05, 3.63) is 71.8 Å². The van der Waals surface area contributed by atoms with Crippen molar-refractivity contribution in [3.63, 3.8) is 0 Å². The minimum Gasteiger partial charge on any atom is -0.379 e. The van der Waals surface area contributed by atoms with Crippen LogP contribution in [0.4, 0.5) is 0 Å². The van der Waals surface area contributed by atoms with E-state index in [1.807, 2.05) is 24.3 Å². The van der Waals surface area contributed by atoms with Gasteiger partial charge in [-0.05, 0) is 24.5 Å². The molecule has 0 aromatic heterocycles. The van der Waals surface area contributed by atoms with E-state index in [4.69, 9.17) is 4.74 Å². The van der Waals surface area contributed by atoms with Crippen LogP contribution in [0.15, 0.2) is 60.7 Å². The van der Waals surface area contributed by atoms with Crippen LogP contribution in [0.1, 0.15) is 18.1 Å². The molecule has 1 unspecified atom stereocenters. The van der Waals surface area contributed by atoms with Crippen molar-refractivity contribution in [2.75, 3.05) is 45.9 Å². The molecule has 1 heterocycles. The first-order chi connectivity index (χ1) is 14.2. The standard InChI is InChI=1S/C24H33N3O2/c1-21(18-26-14-16-29-17-15-26)27(19-23-10-6-3-7-11-23)20-24(28)25-13-12-22-8-4-2-5-9-22/h2-11,21H,12-20H2,1H3,(H,25,28). The number of ether oxygens (including phenoxy) is 1. The summed E-state index contributed by atoms with van der Waals surface area (Å²) in [5.41, 5.74) is 2.48. The van der Waals surface area contributed by atoms with Crippen LogP contribution in [0.3, 0.4) is 0 Å². The van der Waals surface area contributed by atoms with Gasteiger partial charge in [0.25, 0.3) is 0 Å². The number of nitrogens with one attached hydrogen (secondary N) is 1. The Morgan fingerprint density at radius 3 is 2.31 bits per heavy atom. The third-order valence-electron chi connectivity index (χ3n) is 5.40. The van der Waals surface area contributed by atoms with Gasteiger partial charge in [0.2, 0.25) is 5.91 Å². The Balaban J connectivity index is 1.53. The SMILES string of the molecule is CC(CN1CCOCC1)N(CC(=O)NCCc1ccccc1)Cc1ccccc1. The number of carbonyl (C=O) groups is 1. The Labute approximate surface area is 174 Å². The highest BCUT2D eigenvalue weighted by Gasteiger charge is 2.21. The van der Waals surface area contributed by atoms with Crippen molar-refractivity contribution < 1.29 is 9.53 Å². The van der Waals surface area contributed by atoms with Crippen molar-refractivity contribution in [3.8, 4) is 0 Å². The normalized spacial score (nSPS) is 15.9. The molecule has 1 aliphatic rings. The summed E-state index contributed by atoms with van der Waals surface area (Å²) in [7, 11) is 0. The number of benzene rings is 2. The van der Waals surface area contributed by atoms with E-state index in [1.165, 1.54) is 11.1 Å². The van der Waals surface area contributed by atoms with Crippen LogP contribution < -0.4 is 5.32 Å². The average Bonchev–Trinajstić information content (AvgIpc) is 2.75. The van der Waals surface area contributed by atoms with Crippen LogP contribution in [0.25, 0.3) is 0 Å². The molecule has 1 fully saturated rings. The highest BCUT2D eigenvalue weighted by molar-refractivity contribution is 5.78. The zero-order valence-electron chi connectivity index (χ0n) is 17.4. The molecule has 29 heavy (non-hydrogen) atoms. The van der Waals surface area contributed by atoms with Gasteiger partial charge in [-0.2, -0.15) is 0 Å². The molecule has 2 aromatic carbocycles. The molecule has 1 N–H and O–H groups in total. The third-order valence-corrected chi connectivity index (χ3v) is 5.40. The van der Waals surface area contributed by atoms with E-state index in [2.05, 4.69) is 58.4 Å². The van der Waals surface area contributed by atoms with E-state index in [9.17, 15) is 4.79 Å². The lowest BCUT2D eigenvalue weighted by atomic mass is 10.1. The Morgan fingerprint density at radius 2 is 1.66 bits per heavy atom. The second-order valence-corrected chi connectivity index (χ2v) is 7.74. The quantitative estimate of drug-likeness (QED) is 0.672. The van der Waals surface area contributed by atoms with Gasteiger partial charge in [-0.25, -0.2) is 0 Å². The maximum Gasteiger partial charge on any atom is 0.234 e. The molecule has 1 atom stereocenters. The molecular formula is C24H33N3O2. The molecule has 1 aliphatic heterocycles. The predicted octanol–water partition coefficient (Wildman–Crippen LogP) is 2.57. The van der Waals surface area contributed by atoms with Crippen molar-refractivity contribution in [2.24, 2.45) is 0 Å². The number of rotatable bonds is 10. The van der Waals surface area contributed by atoms with Gasteiger partial charge in [0, 0.05) is 38.8 Å². The Morgan fingerprint density at radius 1 is 1.03 bits per heavy atom. The first-order valence-corrected chi connectivity index (χ1v) is 10.6. The molecule has 0 radical (unpaired) electrons. The number of morpholine rings is 1. The molecule has 0 spiro atoms. The molecule has 3 rings (SSSR count). The fraction of sp³-hybridized carbons (Fsp3) is 0.458. The van der Waals surface area contributed by atoms with Crippen LogP contribution in [-0.4, -0.2) is 67.7 Å². The van der Waals surface area contributed by atoms with Crippen LogP contribution in [0, 0.1) is 0 Å². The smallest absolute Gasteiger partial charge is 0.234 e. The summed E-state index contributed by atoms with van der Waals surface area (Å²) >= 11 is 0. The number of hydrogen-bond donors (Lipinski definition) is 1. The van der Waals surface area contributed by atoms with Crippen LogP contribution in [-0.2, 0) is 22.5 Å². The van der Waals surface area contributed by atoms with Crippen LogP contribution in [0.2, 0.25) is 0 Å². The van der Waals surface area contributed by atoms with Crippen LogP contribution in [0.5, 0.6) is 0 Å². The molecule has 0 saturated carbocycles. The van der Waals surface area contributed by atoms with Gasteiger partial charge in [0.1, 0.15) is 0 Å². The van der Waals surface area contributed by atoms with E-state index < -0.39 is 0 Å². The van der Waals surface area contributed by atoms with Crippen molar-refractivity contribution >= 4 is 5.91 Å². The minimum atomic E-state index is 0.0886. The maximum atomic E-state index is 12.6. The third kappa shape index (κ3) is 7.61. The second-order valence-electron chi connectivity index (χ2n) is 7.74. The van der Waals surface area contributed by atoms with Gasteiger partial charge in [0.05, 0.1) is 19.8 Å².